The molecule has 1 N–H and O–H groups in total. The van der Waals surface area contributed by atoms with E-state index < -0.39 is 23.8 Å². The van der Waals surface area contributed by atoms with Gasteiger partial charge in [-0.1, -0.05) is 0 Å². The molecule has 2 saturated heterocycles. The minimum Gasteiger partial charge on any atom is -1.00 e. The van der Waals surface area contributed by atoms with Crippen LogP contribution in [0.2, 0.25) is 0 Å². The Morgan fingerprint density at radius 3 is 1.66 bits per heavy atom. The first-order valence-electron chi connectivity index (χ1n) is 19.0. The molecule has 61 heavy (non-hydrogen) atoms. The van der Waals surface area contributed by atoms with Gasteiger partial charge in [0, 0.05) is 34.3 Å². The second-order valence-corrected chi connectivity index (χ2v) is 14.4. The maximum absolute atomic E-state index is 14.8. The average molecular weight is 882 g/mol. The Morgan fingerprint density at radius 1 is 0.820 bits per heavy atom. The van der Waals surface area contributed by atoms with Crippen LogP contribution >= 0.6 is 24.4 Å². The molecule has 4 heterocycles. The summed E-state index contributed by atoms with van der Waals surface area (Å²) in [4.78, 5) is 42.1. The second-order valence-electron chi connectivity index (χ2n) is 13.5. The molecule has 2 aromatic rings. The molecule has 2 atom stereocenters. The molecule has 0 aromatic heterocycles. The number of carbonyl (C=O) groups is 3. The van der Waals surface area contributed by atoms with E-state index in [4.69, 9.17) is 53.2 Å². The van der Waals surface area contributed by atoms with Crippen molar-refractivity contribution in [3.63, 3.8) is 0 Å². The Labute approximate surface area is 379 Å². The summed E-state index contributed by atoms with van der Waals surface area (Å²) in [5.74, 6) is -1.29. The Hall–Kier alpha value is -4.75. The number of carbonyl (C=O) groups excluding carboxylic acids is 3. The van der Waals surface area contributed by atoms with Gasteiger partial charge < -0.3 is 40.0 Å². The summed E-state index contributed by atoms with van der Waals surface area (Å²) in [7, 11) is 3.02. The number of β-amino-alcohol motifs (C(OH)–C–C–N with tert-alkyl or cyclic N) is 1. The second kappa shape index (κ2) is 24.6. The minimum atomic E-state index is -0.519. The maximum atomic E-state index is 14.8. The Kier molecular flexibility index (Phi) is 20.4. The van der Waals surface area contributed by atoms with Gasteiger partial charge in [-0.3, -0.25) is 24.6 Å². The Morgan fingerprint density at radius 2 is 1.28 bits per heavy atom. The van der Waals surface area contributed by atoms with Gasteiger partial charge in [-0.25, -0.2) is 18.4 Å². The van der Waals surface area contributed by atoms with E-state index in [9.17, 15) is 23.2 Å². The molecule has 0 unspecified atom stereocenters. The molecule has 2 amide bonds. The largest absolute Gasteiger partial charge is 1.00 e. The third-order valence-electron chi connectivity index (χ3n) is 9.53. The zero-order valence-electron chi connectivity index (χ0n) is 35.6. The van der Waals surface area contributed by atoms with Crippen molar-refractivity contribution in [2.75, 3.05) is 99.4 Å². The van der Waals surface area contributed by atoms with E-state index in [1.165, 1.54) is 48.8 Å². The molecule has 0 aliphatic carbocycles. The van der Waals surface area contributed by atoms with E-state index in [1.807, 2.05) is 0 Å². The van der Waals surface area contributed by atoms with Crippen LogP contribution in [0.4, 0.5) is 41.1 Å². The number of hydrogen-bond donors (Lipinski definition) is 1. The van der Waals surface area contributed by atoms with Crippen LogP contribution in [-0.4, -0.2) is 156 Å². The van der Waals surface area contributed by atoms with Gasteiger partial charge in [0.25, 0.3) is 0 Å². The SMILES string of the molecule is CCOC(=O)CN1CCN(c2ccc(N3C[C@H](CCC(=S)OC)OC3=O)cc2F)C=N1.COC(=S)CC[C@H]1CN(c2ccc(N3C=NN(CCO)CC3)c(F)c2)C(=O)O1.[B].[H-].[Li+]. The first kappa shape index (κ1) is 50.6. The standard InChI is InChI=1S/C20H25FN4O5S.C18H23FN4O4S.B.Li.H/c1-3-29-18(26)12-24-9-8-23(13-22-24)17-6-4-14(10-16(17)21)25-11-15(30-20(25)27)5-7-19(31)28-2;1-26-17(28)5-3-14-11-23(18(25)27-14)13-2-4-16(15(19)10-13)21-6-7-22(8-9-24)20-12-21;;;/h4,6,10,13,15H,3,5,7-9,11-12H2,1-2H3;2,4,10,12,14,24H,3,5-9,11H2,1H3;;;/q;;;+1;-1/t15-;14-;;;/m00.../s1. The number of cyclic esters (lactones) is 2. The number of aliphatic hydroxyl groups is 1. The smallest absolute Gasteiger partial charge is 1.00 e. The van der Waals surface area contributed by atoms with E-state index in [2.05, 4.69) is 10.2 Å². The van der Waals surface area contributed by atoms with Crippen molar-refractivity contribution in [3.05, 3.63) is 48.0 Å². The Balaban J connectivity index is 0.000000409. The zero-order valence-corrected chi connectivity index (χ0v) is 36.2. The van der Waals surface area contributed by atoms with Gasteiger partial charge in [0.15, 0.2) is 10.1 Å². The first-order chi connectivity index (χ1) is 28.4. The van der Waals surface area contributed by atoms with E-state index >= 15 is 0 Å². The van der Waals surface area contributed by atoms with E-state index in [0.717, 1.165) is 0 Å². The number of halogens is 2. The van der Waals surface area contributed by atoms with Crippen LogP contribution in [0.25, 0.3) is 0 Å². The number of aliphatic hydroxyl groups excluding tert-OH is 1. The van der Waals surface area contributed by atoms with Crippen molar-refractivity contribution in [3.8, 4) is 0 Å². The third kappa shape index (κ3) is 14.1. The van der Waals surface area contributed by atoms with Crippen molar-refractivity contribution >= 4 is 96.5 Å². The number of benzene rings is 2. The van der Waals surface area contributed by atoms with Crippen LogP contribution < -0.4 is 38.5 Å². The first-order valence-corrected chi connectivity index (χ1v) is 19.8. The van der Waals surface area contributed by atoms with E-state index in [1.54, 1.807) is 51.0 Å². The zero-order chi connectivity index (χ0) is 42.5. The number of rotatable bonds is 15. The molecule has 4 aliphatic rings. The van der Waals surface area contributed by atoms with Crippen molar-refractivity contribution in [2.24, 2.45) is 10.2 Å². The number of amides is 2. The number of esters is 1. The third-order valence-corrected chi connectivity index (χ3v) is 10.3. The monoisotopic (exact) mass is 881 g/mol. The van der Waals surface area contributed by atoms with Crippen LogP contribution in [0.1, 0.15) is 34.0 Å². The number of hydrazone groups is 2. The van der Waals surface area contributed by atoms with Crippen molar-refractivity contribution < 1.29 is 72.2 Å². The molecular weight excluding hydrogens is 832 g/mol. The van der Waals surface area contributed by atoms with Gasteiger partial charge in [-0.05, 0) is 80.6 Å². The normalized spacial score (nSPS) is 18.1. The predicted octanol–water partition coefficient (Wildman–Crippen LogP) is 1.23. The van der Waals surface area contributed by atoms with Gasteiger partial charge in [-0.15, -0.1) is 0 Å². The van der Waals surface area contributed by atoms with Crippen LogP contribution in [0.15, 0.2) is 46.6 Å². The number of hydrogen-bond acceptors (Lipinski definition) is 17. The van der Waals surface area contributed by atoms with E-state index in [0.29, 0.717) is 111 Å². The summed E-state index contributed by atoms with van der Waals surface area (Å²) in [5.41, 5.74) is 1.57. The van der Waals surface area contributed by atoms with Gasteiger partial charge >= 0.3 is 37.0 Å². The van der Waals surface area contributed by atoms with Crippen molar-refractivity contribution in [2.45, 2.75) is 44.8 Å². The number of anilines is 4. The van der Waals surface area contributed by atoms with Crippen molar-refractivity contribution in [1.82, 2.24) is 10.0 Å². The quantitative estimate of drug-likeness (QED) is 0.118. The fourth-order valence-corrected chi connectivity index (χ4v) is 6.63. The molecular formula is C38H49BF2LiN8O9S2. The molecule has 4 aliphatic heterocycles. The number of nitrogens with zero attached hydrogens (tertiary/aromatic N) is 8. The molecule has 2 aromatic carbocycles. The number of methoxy groups -OCH3 is 2. The molecule has 2 fully saturated rings. The van der Waals surface area contributed by atoms with Crippen LogP contribution in [0, 0.1) is 11.6 Å². The van der Waals surface area contributed by atoms with Gasteiger partial charge in [0.1, 0.15) is 43.1 Å². The summed E-state index contributed by atoms with van der Waals surface area (Å²) in [6, 6.07) is 9.21. The Bertz CT molecular complexity index is 1920. The minimum absolute atomic E-state index is 0. The fraction of sp³-hybridized carbons (Fsp3) is 0.500. The average Bonchev–Trinajstić information content (AvgIpc) is 3.81. The number of thiocarbonyl (C=S) groups is 2. The number of ether oxygens (including phenoxy) is 5. The van der Waals surface area contributed by atoms with Crippen LogP contribution in [0.3, 0.4) is 0 Å². The fourth-order valence-electron chi connectivity index (χ4n) is 6.39. The van der Waals surface area contributed by atoms with Crippen LogP contribution in [0.5, 0.6) is 0 Å². The molecule has 0 bridgehead atoms. The molecule has 0 spiro atoms. The van der Waals surface area contributed by atoms with E-state index in [-0.39, 0.29) is 60.0 Å². The van der Waals surface area contributed by atoms with Crippen LogP contribution in [-0.2, 0) is 28.5 Å². The predicted molar refractivity (Wildman–Crippen MR) is 231 cm³/mol. The maximum Gasteiger partial charge on any atom is 1.00 e. The summed E-state index contributed by atoms with van der Waals surface area (Å²) in [5, 5.41) is 21.5. The summed E-state index contributed by atoms with van der Waals surface area (Å²) in [6.45, 7) is 5.25. The molecule has 17 nitrogen and oxygen atoms in total. The molecule has 325 valence electrons. The van der Waals surface area contributed by atoms with Gasteiger partial charge in [-0.2, -0.15) is 10.2 Å². The molecule has 0 saturated carbocycles. The molecule has 23 heteroatoms. The van der Waals surface area contributed by atoms with Gasteiger partial charge in [0.2, 0.25) is 0 Å². The van der Waals surface area contributed by atoms with Gasteiger partial charge in [0.05, 0.1) is 82.9 Å². The van der Waals surface area contributed by atoms with Crippen molar-refractivity contribution in [1.29, 1.82) is 0 Å². The topological polar surface area (TPSA) is 162 Å². The summed E-state index contributed by atoms with van der Waals surface area (Å²) in [6.07, 6.45) is 3.48. The summed E-state index contributed by atoms with van der Waals surface area (Å²) < 4.78 is 55.0. The molecule has 6 rings (SSSR count). The molecule has 3 radical (unpaired) electrons. The summed E-state index contributed by atoms with van der Waals surface area (Å²) >= 11 is 10.0.